The van der Waals surface area contributed by atoms with Crippen LogP contribution in [0.5, 0.6) is 0 Å². The Labute approximate surface area is 109 Å². The van der Waals surface area contributed by atoms with Gasteiger partial charge in [0.05, 0.1) is 11.9 Å². The molecular weight excluding hydrogens is 248 g/mol. The van der Waals surface area contributed by atoms with E-state index in [1.807, 2.05) is 12.1 Å². The van der Waals surface area contributed by atoms with Crippen molar-refractivity contribution in [1.82, 2.24) is 15.3 Å². The van der Waals surface area contributed by atoms with Gasteiger partial charge in [0, 0.05) is 18.1 Å². The molecule has 0 spiro atoms. The Hall–Kier alpha value is -2.21. The smallest absolute Gasteiger partial charge is 0.271 e. The summed E-state index contributed by atoms with van der Waals surface area (Å²) in [5.41, 5.74) is 1.23. The Morgan fingerprint density at radius 1 is 1.56 bits per heavy atom. The van der Waals surface area contributed by atoms with Gasteiger partial charge in [0.15, 0.2) is 5.13 Å². The van der Waals surface area contributed by atoms with E-state index in [9.17, 15) is 4.79 Å². The number of thiazole rings is 1. The molecule has 0 bridgehead atoms. The largest absolute Gasteiger partial charge is 0.347 e. The summed E-state index contributed by atoms with van der Waals surface area (Å²) >= 11 is 1.37. The summed E-state index contributed by atoms with van der Waals surface area (Å²) in [7, 11) is 0. The molecule has 2 heterocycles. The SMILES string of the molecule is C=CCNC(=O)c1csc(Nc2cccnc2)n1. The standard InChI is InChI=1S/C12H12N4OS/c1-2-5-14-11(17)10-8-18-12(16-10)15-9-4-3-6-13-7-9/h2-4,6-8H,1,5H2,(H,14,17)(H,15,16). The highest BCUT2D eigenvalue weighted by molar-refractivity contribution is 7.14. The maximum absolute atomic E-state index is 11.6. The van der Waals surface area contributed by atoms with Crippen molar-refractivity contribution in [3.63, 3.8) is 0 Å². The molecule has 18 heavy (non-hydrogen) atoms. The fourth-order valence-electron chi connectivity index (χ4n) is 1.25. The van der Waals surface area contributed by atoms with Crippen LogP contribution in [0.25, 0.3) is 0 Å². The summed E-state index contributed by atoms with van der Waals surface area (Å²) in [6.07, 6.45) is 5.01. The van der Waals surface area contributed by atoms with Crippen molar-refractivity contribution in [3.8, 4) is 0 Å². The van der Waals surface area contributed by atoms with Crippen molar-refractivity contribution >= 4 is 28.1 Å². The second kappa shape index (κ2) is 5.92. The van der Waals surface area contributed by atoms with Crippen LogP contribution in [0.15, 0.2) is 42.6 Å². The normalized spacial score (nSPS) is 9.78. The third kappa shape index (κ3) is 3.14. The van der Waals surface area contributed by atoms with E-state index >= 15 is 0 Å². The lowest BCUT2D eigenvalue weighted by atomic mass is 10.4. The number of carbonyl (C=O) groups excluding carboxylic acids is 1. The fourth-order valence-corrected chi connectivity index (χ4v) is 1.96. The molecular formula is C12H12N4OS. The lowest BCUT2D eigenvalue weighted by molar-refractivity contribution is 0.0954. The van der Waals surface area contributed by atoms with Gasteiger partial charge in [-0.3, -0.25) is 9.78 Å². The van der Waals surface area contributed by atoms with Crippen molar-refractivity contribution < 1.29 is 4.79 Å². The van der Waals surface area contributed by atoms with Gasteiger partial charge >= 0.3 is 0 Å². The molecule has 2 rings (SSSR count). The summed E-state index contributed by atoms with van der Waals surface area (Å²) in [4.78, 5) is 19.8. The molecule has 0 atom stereocenters. The Morgan fingerprint density at radius 2 is 2.44 bits per heavy atom. The predicted molar refractivity (Wildman–Crippen MR) is 72.2 cm³/mol. The molecule has 0 aliphatic rings. The van der Waals surface area contributed by atoms with Crippen LogP contribution >= 0.6 is 11.3 Å². The molecule has 0 saturated heterocycles. The fraction of sp³-hybridized carbons (Fsp3) is 0.0833. The molecule has 0 unspecified atom stereocenters. The number of aromatic nitrogens is 2. The van der Waals surface area contributed by atoms with Crippen LogP contribution in [-0.4, -0.2) is 22.4 Å². The second-order valence-corrected chi connectivity index (χ2v) is 4.26. The van der Waals surface area contributed by atoms with Crippen LogP contribution in [0.3, 0.4) is 0 Å². The zero-order valence-corrected chi connectivity index (χ0v) is 10.4. The van der Waals surface area contributed by atoms with Crippen molar-refractivity contribution in [2.75, 3.05) is 11.9 Å². The molecule has 0 aliphatic carbocycles. The predicted octanol–water partition coefficient (Wildman–Crippen LogP) is 2.20. The Balaban J connectivity index is 2.02. The summed E-state index contributed by atoms with van der Waals surface area (Å²) in [6.45, 7) is 3.97. The first-order chi connectivity index (χ1) is 8.79. The van der Waals surface area contributed by atoms with Crippen LogP contribution in [-0.2, 0) is 0 Å². The minimum absolute atomic E-state index is 0.203. The van der Waals surface area contributed by atoms with Gasteiger partial charge in [-0.25, -0.2) is 4.98 Å². The minimum Gasteiger partial charge on any atom is -0.347 e. The molecule has 0 fully saturated rings. The number of amides is 1. The summed E-state index contributed by atoms with van der Waals surface area (Å²) in [6, 6.07) is 3.71. The molecule has 2 aromatic heterocycles. The topological polar surface area (TPSA) is 66.9 Å². The maximum atomic E-state index is 11.6. The number of rotatable bonds is 5. The van der Waals surface area contributed by atoms with Crippen molar-refractivity contribution in [3.05, 3.63) is 48.3 Å². The first kappa shape index (κ1) is 12.3. The third-order valence-electron chi connectivity index (χ3n) is 2.06. The average Bonchev–Trinajstić information content (AvgIpc) is 2.86. The van der Waals surface area contributed by atoms with Crippen LogP contribution < -0.4 is 10.6 Å². The van der Waals surface area contributed by atoms with E-state index in [1.54, 1.807) is 23.8 Å². The van der Waals surface area contributed by atoms with E-state index in [0.29, 0.717) is 17.4 Å². The van der Waals surface area contributed by atoms with E-state index in [-0.39, 0.29) is 5.91 Å². The molecule has 0 aliphatic heterocycles. The first-order valence-corrected chi connectivity index (χ1v) is 6.19. The van der Waals surface area contributed by atoms with Gasteiger partial charge in [0.25, 0.3) is 5.91 Å². The number of hydrogen-bond donors (Lipinski definition) is 2. The Bertz CT molecular complexity index is 538. The van der Waals surface area contributed by atoms with E-state index in [0.717, 1.165) is 5.69 Å². The summed E-state index contributed by atoms with van der Waals surface area (Å²) in [5, 5.41) is 8.12. The van der Waals surface area contributed by atoms with Gasteiger partial charge < -0.3 is 10.6 Å². The summed E-state index contributed by atoms with van der Waals surface area (Å²) < 4.78 is 0. The molecule has 2 N–H and O–H groups in total. The lowest BCUT2D eigenvalue weighted by Gasteiger charge is -2.00. The van der Waals surface area contributed by atoms with Gasteiger partial charge in [-0.1, -0.05) is 6.08 Å². The highest BCUT2D eigenvalue weighted by Crippen LogP contribution is 2.19. The molecule has 0 aromatic carbocycles. The van der Waals surface area contributed by atoms with Crippen molar-refractivity contribution in [2.24, 2.45) is 0 Å². The maximum Gasteiger partial charge on any atom is 0.271 e. The number of anilines is 2. The highest BCUT2D eigenvalue weighted by atomic mass is 32.1. The molecule has 92 valence electrons. The average molecular weight is 260 g/mol. The highest BCUT2D eigenvalue weighted by Gasteiger charge is 2.09. The summed E-state index contributed by atoms with van der Waals surface area (Å²) in [5.74, 6) is -0.203. The Kier molecular flexibility index (Phi) is 4.03. The monoisotopic (exact) mass is 260 g/mol. The van der Waals surface area contributed by atoms with E-state index in [4.69, 9.17) is 0 Å². The quantitative estimate of drug-likeness (QED) is 0.809. The van der Waals surface area contributed by atoms with Gasteiger partial charge in [0.1, 0.15) is 5.69 Å². The third-order valence-corrected chi connectivity index (χ3v) is 2.81. The zero-order chi connectivity index (χ0) is 12.8. The van der Waals surface area contributed by atoms with Crippen LogP contribution in [0.1, 0.15) is 10.5 Å². The number of carbonyl (C=O) groups is 1. The van der Waals surface area contributed by atoms with Gasteiger partial charge in [-0.15, -0.1) is 17.9 Å². The van der Waals surface area contributed by atoms with Crippen molar-refractivity contribution in [1.29, 1.82) is 0 Å². The van der Waals surface area contributed by atoms with Crippen molar-refractivity contribution in [2.45, 2.75) is 0 Å². The van der Waals surface area contributed by atoms with Gasteiger partial charge in [0.2, 0.25) is 0 Å². The molecule has 0 saturated carbocycles. The van der Waals surface area contributed by atoms with E-state index in [2.05, 4.69) is 27.2 Å². The van der Waals surface area contributed by atoms with E-state index in [1.165, 1.54) is 11.3 Å². The molecule has 0 radical (unpaired) electrons. The number of pyridine rings is 1. The van der Waals surface area contributed by atoms with Crippen LogP contribution in [0.4, 0.5) is 10.8 Å². The number of hydrogen-bond acceptors (Lipinski definition) is 5. The minimum atomic E-state index is -0.203. The molecule has 2 aromatic rings. The zero-order valence-electron chi connectivity index (χ0n) is 9.59. The molecule has 5 nitrogen and oxygen atoms in total. The molecule has 6 heteroatoms. The Morgan fingerprint density at radius 3 is 3.17 bits per heavy atom. The van der Waals surface area contributed by atoms with Gasteiger partial charge in [-0.2, -0.15) is 0 Å². The molecule has 1 amide bonds. The second-order valence-electron chi connectivity index (χ2n) is 3.40. The number of nitrogens with zero attached hydrogens (tertiary/aromatic N) is 2. The lowest BCUT2D eigenvalue weighted by Crippen LogP contribution is -2.23. The van der Waals surface area contributed by atoms with E-state index < -0.39 is 0 Å². The van der Waals surface area contributed by atoms with Crippen LogP contribution in [0.2, 0.25) is 0 Å². The van der Waals surface area contributed by atoms with Gasteiger partial charge in [-0.05, 0) is 12.1 Å². The first-order valence-electron chi connectivity index (χ1n) is 5.31. The van der Waals surface area contributed by atoms with Crippen LogP contribution in [0, 0.1) is 0 Å². The number of nitrogens with one attached hydrogen (secondary N) is 2.